The lowest BCUT2D eigenvalue weighted by molar-refractivity contribution is 0.637. The van der Waals surface area contributed by atoms with Crippen molar-refractivity contribution in [3.05, 3.63) is 21.4 Å². The maximum Gasteiger partial charge on any atom is 0.0189 e. The van der Waals surface area contributed by atoms with E-state index >= 15 is 0 Å². The minimum absolute atomic E-state index is 0.633. The largest absolute Gasteiger partial charge is 0.326 e. The molecule has 1 nitrogen and oxygen atoms in total. The maximum absolute atomic E-state index is 5.75. The summed E-state index contributed by atoms with van der Waals surface area (Å²) in [7, 11) is 0. The van der Waals surface area contributed by atoms with Crippen LogP contribution in [0.3, 0.4) is 0 Å². The highest BCUT2D eigenvalue weighted by Gasteiger charge is 2.14. The topological polar surface area (TPSA) is 26.0 Å². The molecule has 0 aliphatic carbocycles. The van der Waals surface area contributed by atoms with E-state index in [-0.39, 0.29) is 0 Å². The summed E-state index contributed by atoms with van der Waals surface area (Å²) < 4.78 is 0. The van der Waals surface area contributed by atoms with Crippen molar-refractivity contribution in [2.75, 3.05) is 0 Å². The van der Waals surface area contributed by atoms with E-state index in [0.717, 1.165) is 0 Å². The molecule has 0 fully saturated rings. The van der Waals surface area contributed by atoms with Crippen LogP contribution < -0.4 is 5.73 Å². The molecule has 0 atom stereocenters. The summed E-state index contributed by atoms with van der Waals surface area (Å²) in [5.74, 6) is 1.35. The Bertz CT molecular complexity index is 287. The van der Waals surface area contributed by atoms with Gasteiger partial charge in [0.1, 0.15) is 0 Å². The Morgan fingerprint density at radius 3 is 2.36 bits per heavy atom. The minimum atomic E-state index is 0.633. The molecule has 1 rings (SSSR count). The van der Waals surface area contributed by atoms with Crippen molar-refractivity contribution in [3.63, 3.8) is 0 Å². The molecule has 0 spiro atoms. The van der Waals surface area contributed by atoms with Gasteiger partial charge >= 0.3 is 0 Å². The van der Waals surface area contributed by atoms with Crippen molar-refractivity contribution >= 4 is 11.3 Å². The standard InChI is InChI=1S/C12H21NS/c1-8(2)5-11-10(6-13)7-14-12(11)9(3)4/h7-9H,5-6,13H2,1-4H3. The van der Waals surface area contributed by atoms with Gasteiger partial charge in [0.25, 0.3) is 0 Å². The first-order valence-electron chi connectivity index (χ1n) is 5.35. The van der Waals surface area contributed by atoms with Gasteiger partial charge in [-0.1, -0.05) is 27.7 Å². The molecule has 0 saturated heterocycles. The SMILES string of the molecule is CC(C)Cc1c(CN)csc1C(C)C. The summed E-state index contributed by atoms with van der Waals surface area (Å²) in [6.45, 7) is 9.74. The molecule has 1 aromatic rings. The van der Waals surface area contributed by atoms with Crippen LogP contribution in [0.5, 0.6) is 0 Å². The van der Waals surface area contributed by atoms with Crippen molar-refractivity contribution < 1.29 is 0 Å². The molecular formula is C12H21NS. The molecule has 1 heterocycles. The molecular weight excluding hydrogens is 190 g/mol. The van der Waals surface area contributed by atoms with E-state index in [2.05, 4.69) is 33.1 Å². The number of thiophene rings is 1. The number of hydrogen-bond donors (Lipinski definition) is 1. The molecule has 0 bridgehead atoms. The average Bonchev–Trinajstić information content (AvgIpc) is 2.46. The second-order valence-electron chi connectivity index (χ2n) is 4.56. The maximum atomic E-state index is 5.75. The number of rotatable bonds is 4. The number of nitrogens with two attached hydrogens (primary N) is 1. The van der Waals surface area contributed by atoms with Gasteiger partial charge in [-0.25, -0.2) is 0 Å². The lowest BCUT2D eigenvalue weighted by Crippen LogP contribution is -2.04. The second-order valence-corrected chi connectivity index (χ2v) is 5.47. The van der Waals surface area contributed by atoms with Crippen LogP contribution in [-0.2, 0) is 13.0 Å². The molecule has 1 aromatic heterocycles. The zero-order valence-electron chi connectivity index (χ0n) is 9.63. The first-order chi connectivity index (χ1) is 6.56. The fraction of sp³-hybridized carbons (Fsp3) is 0.667. The van der Waals surface area contributed by atoms with E-state index in [9.17, 15) is 0 Å². The van der Waals surface area contributed by atoms with Gasteiger partial charge in [0.05, 0.1) is 0 Å². The van der Waals surface area contributed by atoms with Gasteiger partial charge in [-0.3, -0.25) is 0 Å². The summed E-state index contributed by atoms with van der Waals surface area (Å²) in [5, 5.41) is 2.23. The molecule has 0 saturated carbocycles. The average molecular weight is 211 g/mol. The van der Waals surface area contributed by atoms with Gasteiger partial charge in [-0.05, 0) is 34.8 Å². The lowest BCUT2D eigenvalue weighted by atomic mass is 9.96. The Morgan fingerprint density at radius 1 is 1.29 bits per heavy atom. The first-order valence-corrected chi connectivity index (χ1v) is 6.23. The Morgan fingerprint density at radius 2 is 1.93 bits per heavy atom. The first kappa shape index (κ1) is 11.7. The van der Waals surface area contributed by atoms with Gasteiger partial charge < -0.3 is 5.73 Å². The second kappa shape index (κ2) is 4.94. The minimum Gasteiger partial charge on any atom is -0.326 e. The van der Waals surface area contributed by atoms with E-state index in [4.69, 9.17) is 5.73 Å². The third-order valence-electron chi connectivity index (χ3n) is 2.37. The van der Waals surface area contributed by atoms with Crippen LogP contribution in [0.25, 0.3) is 0 Å². The highest BCUT2D eigenvalue weighted by Crippen LogP contribution is 2.31. The smallest absolute Gasteiger partial charge is 0.0189 e. The Kier molecular flexibility index (Phi) is 4.14. The summed E-state index contributed by atoms with van der Waals surface area (Å²) >= 11 is 1.87. The molecule has 0 radical (unpaired) electrons. The molecule has 14 heavy (non-hydrogen) atoms. The van der Waals surface area contributed by atoms with Crippen LogP contribution in [0.4, 0.5) is 0 Å². The summed E-state index contributed by atoms with van der Waals surface area (Å²) in [5.41, 5.74) is 8.62. The molecule has 0 aliphatic rings. The highest BCUT2D eigenvalue weighted by molar-refractivity contribution is 7.10. The molecule has 0 aliphatic heterocycles. The quantitative estimate of drug-likeness (QED) is 0.810. The molecule has 80 valence electrons. The van der Waals surface area contributed by atoms with E-state index in [0.29, 0.717) is 18.4 Å². The summed E-state index contributed by atoms with van der Waals surface area (Å²) in [6, 6.07) is 0. The van der Waals surface area contributed by atoms with Crippen molar-refractivity contribution in [1.82, 2.24) is 0 Å². The van der Waals surface area contributed by atoms with E-state index in [1.165, 1.54) is 22.4 Å². The van der Waals surface area contributed by atoms with Gasteiger partial charge in [-0.15, -0.1) is 11.3 Å². The molecule has 2 heteroatoms. The third-order valence-corrected chi connectivity index (χ3v) is 3.74. The van der Waals surface area contributed by atoms with Crippen LogP contribution in [0.2, 0.25) is 0 Å². The molecule has 0 amide bonds. The highest BCUT2D eigenvalue weighted by atomic mass is 32.1. The predicted octanol–water partition coefficient (Wildman–Crippen LogP) is 3.53. The van der Waals surface area contributed by atoms with Crippen LogP contribution in [-0.4, -0.2) is 0 Å². The lowest BCUT2D eigenvalue weighted by Gasteiger charge is -2.11. The fourth-order valence-corrected chi connectivity index (χ4v) is 2.87. The molecule has 0 unspecified atom stereocenters. The number of hydrogen-bond acceptors (Lipinski definition) is 2. The van der Waals surface area contributed by atoms with Gasteiger partial charge in [0.2, 0.25) is 0 Å². The van der Waals surface area contributed by atoms with Crippen molar-refractivity contribution in [2.24, 2.45) is 11.7 Å². The molecule has 0 aromatic carbocycles. The Balaban J connectivity index is 3.00. The fourth-order valence-electron chi connectivity index (χ4n) is 1.73. The van der Waals surface area contributed by atoms with E-state index < -0.39 is 0 Å². The van der Waals surface area contributed by atoms with Crippen LogP contribution in [0.15, 0.2) is 5.38 Å². The van der Waals surface area contributed by atoms with E-state index in [1.54, 1.807) is 0 Å². The predicted molar refractivity (Wildman–Crippen MR) is 64.8 cm³/mol. The summed E-state index contributed by atoms with van der Waals surface area (Å²) in [4.78, 5) is 1.53. The van der Waals surface area contributed by atoms with Gasteiger partial charge in [0, 0.05) is 11.4 Å². The van der Waals surface area contributed by atoms with Crippen molar-refractivity contribution in [3.8, 4) is 0 Å². The van der Waals surface area contributed by atoms with Crippen molar-refractivity contribution in [1.29, 1.82) is 0 Å². The summed E-state index contributed by atoms with van der Waals surface area (Å²) in [6.07, 6.45) is 1.17. The zero-order chi connectivity index (χ0) is 10.7. The monoisotopic (exact) mass is 211 g/mol. The molecule has 2 N–H and O–H groups in total. The Hall–Kier alpha value is -0.340. The normalized spacial score (nSPS) is 11.6. The third kappa shape index (κ3) is 2.58. The van der Waals surface area contributed by atoms with Crippen LogP contribution in [0.1, 0.15) is 49.6 Å². The van der Waals surface area contributed by atoms with Gasteiger partial charge in [-0.2, -0.15) is 0 Å². The van der Waals surface area contributed by atoms with Gasteiger partial charge in [0.15, 0.2) is 0 Å². The van der Waals surface area contributed by atoms with Crippen molar-refractivity contribution in [2.45, 2.75) is 46.6 Å². The Labute approximate surface area is 91.3 Å². The van der Waals surface area contributed by atoms with Crippen LogP contribution >= 0.6 is 11.3 Å². The van der Waals surface area contributed by atoms with Crippen LogP contribution in [0, 0.1) is 5.92 Å². The zero-order valence-corrected chi connectivity index (χ0v) is 10.4. The van der Waals surface area contributed by atoms with E-state index in [1.807, 2.05) is 11.3 Å².